The monoisotopic (exact) mass is 323 g/mol. The predicted octanol–water partition coefficient (Wildman–Crippen LogP) is 3.71. The van der Waals surface area contributed by atoms with E-state index in [2.05, 4.69) is 4.98 Å². The molecule has 0 aliphatic rings. The quantitative estimate of drug-likeness (QED) is 0.864. The Labute approximate surface area is 129 Å². The van der Waals surface area contributed by atoms with Crippen molar-refractivity contribution in [3.63, 3.8) is 0 Å². The smallest absolute Gasteiger partial charge is 0.220 e. The molecule has 2 aromatic rings. The number of hydrogen-bond acceptors (Lipinski definition) is 4. The highest BCUT2D eigenvalue weighted by molar-refractivity contribution is 7.90. The van der Waals surface area contributed by atoms with Gasteiger partial charge in [-0.1, -0.05) is 32.9 Å². The number of para-hydroxylation sites is 1. The summed E-state index contributed by atoms with van der Waals surface area (Å²) in [4.78, 5) is 4.24. The highest BCUT2D eigenvalue weighted by Gasteiger charge is 2.24. The molecule has 22 heavy (non-hydrogen) atoms. The summed E-state index contributed by atoms with van der Waals surface area (Å²) in [5, 5.41) is 0. The lowest BCUT2D eigenvalue weighted by Crippen LogP contribution is -2.17. The fourth-order valence-corrected chi connectivity index (χ4v) is 3.06. The molecule has 1 aromatic carbocycles. The molecule has 0 spiro atoms. The summed E-state index contributed by atoms with van der Waals surface area (Å²) in [7, 11) is -3.46. The SMILES string of the molecule is CC(C)(C)c1cnc(Oc2ccccc2F)cc1S(C)(=O)=O. The molecule has 0 amide bonds. The van der Waals surface area contributed by atoms with E-state index < -0.39 is 15.7 Å². The second kappa shape index (κ2) is 5.68. The lowest BCUT2D eigenvalue weighted by Gasteiger charge is -2.22. The van der Waals surface area contributed by atoms with Crippen molar-refractivity contribution in [2.24, 2.45) is 0 Å². The van der Waals surface area contributed by atoms with Gasteiger partial charge < -0.3 is 4.74 Å². The molecule has 0 saturated carbocycles. The Kier molecular flexibility index (Phi) is 4.24. The van der Waals surface area contributed by atoms with Crippen LogP contribution in [-0.2, 0) is 15.3 Å². The number of sulfone groups is 1. The van der Waals surface area contributed by atoms with Crippen molar-refractivity contribution in [3.05, 3.63) is 47.9 Å². The van der Waals surface area contributed by atoms with Gasteiger partial charge in [-0.05, 0) is 23.1 Å². The van der Waals surface area contributed by atoms with Crippen LogP contribution in [0.4, 0.5) is 4.39 Å². The van der Waals surface area contributed by atoms with Crippen molar-refractivity contribution >= 4 is 9.84 Å². The first-order valence-electron chi connectivity index (χ1n) is 6.72. The van der Waals surface area contributed by atoms with E-state index in [4.69, 9.17) is 4.74 Å². The van der Waals surface area contributed by atoms with Crippen LogP contribution in [0.1, 0.15) is 26.3 Å². The largest absolute Gasteiger partial charge is 0.436 e. The first kappa shape index (κ1) is 16.4. The first-order valence-corrected chi connectivity index (χ1v) is 8.61. The highest BCUT2D eigenvalue weighted by Crippen LogP contribution is 2.32. The Morgan fingerprint density at radius 3 is 2.36 bits per heavy atom. The number of hydrogen-bond donors (Lipinski definition) is 0. The molecule has 0 N–H and O–H groups in total. The Balaban J connectivity index is 2.51. The third-order valence-electron chi connectivity index (χ3n) is 3.10. The molecule has 0 fully saturated rings. The van der Waals surface area contributed by atoms with Crippen LogP contribution in [0.5, 0.6) is 11.6 Å². The highest BCUT2D eigenvalue weighted by atomic mass is 32.2. The molecule has 1 aromatic heterocycles. The zero-order valence-electron chi connectivity index (χ0n) is 12.9. The van der Waals surface area contributed by atoms with Crippen LogP contribution < -0.4 is 4.74 Å². The number of aromatic nitrogens is 1. The molecule has 0 aliphatic heterocycles. The summed E-state index contributed by atoms with van der Waals surface area (Å²) >= 11 is 0. The number of ether oxygens (including phenoxy) is 1. The van der Waals surface area contributed by atoms with Gasteiger partial charge in [-0.3, -0.25) is 0 Å². The van der Waals surface area contributed by atoms with Crippen molar-refractivity contribution in [1.29, 1.82) is 0 Å². The van der Waals surface area contributed by atoms with E-state index in [-0.39, 0.29) is 21.9 Å². The average molecular weight is 323 g/mol. The van der Waals surface area contributed by atoms with Crippen LogP contribution in [0.25, 0.3) is 0 Å². The first-order chi connectivity index (χ1) is 10.1. The van der Waals surface area contributed by atoms with Crippen molar-refractivity contribution in [2.75, 3.05) is 6.26 Å². The van der Waals surface area contributed by atoms with E-state index in [9.17, 15) is 12.8 Å². The molecule has 1 heterocycles. The van der Waals surface area contributed by atoms with Crippen LogP contribution in [0.3, 0.4) is 0 Å². The number of rotatable bonds is 3. The number of halogens is 1. The van der Waals surface area contributed by atoms with Crippen molar-refractivity contribution in [2.45, 2.75) is 31.1 Å². The molecular weight excluding hydrogens is 305 g/mol. The summed E-state index contributed by atoms with van der Waals surface area (Å²) in [6.07, 6.45) is 2.59. The minimum atomic E-state index is -3.46. The molecule has 6 heteroatoms. The lowest BCUT2D eigenvalue weighted by molar-refractivity contribution is 0.424. The molecule has 4 nitrogen and oxygen atoms in total. The van der Waals surface area contributed by atoms with Gasteiger partial charge in [0.1, 0.15) is 0 Å². The second-order valence-electron chi connectivity index (χ2n) is 6.07. The van der Waals surface area contributed by atoms with Crippen LogP contribution in [0.2, 0.25) is 0 Å². The van der Waals surface area contributed by atoms with Crippen molar-refractivity contribution < 1.29 is 17.5 Å². The van der Waals surface area contributed by atoms with Crippen LogP contribution >= 0.6 is 0 Å². The molecule has 0 atom stereocenters. The zero-order chi connectivity index (χ0) is 16.5. The number of nitrogens with zero attached hydrogens (tertiary/aromatic N) is 1. The van der Waals surface area contributed by atoms with E-state index >= 15 is 0 Å². The summed E-state index contributed by atoms with van der Waals surface area (Å²) in [5.41, 5.74) is 0.206. The van der Waals surface area contributed by atoms with Gasteiger partial charge in [-0.2, -0.15) is 0 Å². The summed E-state index contributed by atoms with van der Waals surface area (Å²) in [6.45, 7) is 5.70. The third-order valence-corrected chi connectivity index (χ3v) is 4.24. The van der Waals surface area contributed by atoms with E-state index in [1.165, 1.54) is 24.4 Å². The molecule has 0 unspecified atom stereocenters. The van der Waals surface area contributed by atoms with Gasteiger partial charge in [0.05, 0.1) is 4.90 Å². The molecular formula is C16H18FNO3S. The maximum Gasteiger partial charge on any atom is 0.220 e. The van der Waals surface area contributed by atoms with Gasteiger partial charge in [0.25, 0.3) is 0 Å². The Bertz CT molecular complexity index is 795. The summed E-state index contributed by atoms with van der Waals surface area (Å²) in [6, 6.07) is 7.22. The Morgan fingerprint density at radius 2 is 1.82 bits per heavy atom. The van der Waals surface area contributed by atoms with Gasteiger partial charge in [0.15, 0.2) is 21.4 Å². The van der Waals surface area contributed by atoms with Gasteiger partial charge >= 0.3 is 0 Å². The van der Waals surface area contributed by atoms with Crippen LogP contribution in [-0.4, -0.2) is 19.7 Å². The average Bonchev–Trinajstić information content (AvgIpc) is 2.39. The molecule has 118 valence electrons. The van der Waals surface area contributed by atoms with Gasteiger partial charge in [-0.25, -0.2) is 17.8 Å². The maximum atomic E-state index is 13.6. The molecule has 0 bridgehead atoms. The lowest BCUT2D eigenvalue weighted by atomic mass is 9.88. The minimum Gasteiger partial charge on any atom is -0.436 e. The fraction of sp³-hybridized carbons (Fsp3) is 0.312. The summed E-state index contributed by atoms with van der Waals surface area (Å²) < 4.78 is 43.0. The third kappa shape index (κ3) is 3.62. The standard InChI is InChI=1S/C16H18FNO3S/c1-16(2,3)11-10-18-15(9-14(11)22(4,19)20)21-13-8-6-5-7-12(13)17/h5-10H,1-4H3. The van der Waals surface area contributed by atoms with Gasteiger partial charge in [-0.15, -0.1) is 0 Å². The number of pyridine rings is 1. The van der Waals surface area contributed by atoms with Crippen LogP contribution in [0.15, 0.2) is 41.4 Å². The summed E-state index contributed by atoms with van der Waals surface area (Å²) in [5.74, 6) is -0.499. The molecule has 0 radical (unpaired) electrons. The fourth-order valence-electron chi connectivity index (χ4n) is 1.98. The van der Waals surface area contributed by atoms with Gasteiger partial charge in [0, 0.05) is 18.5 Å². The van der Waals surface area contributed by atoms with Crippen LogP contribution in [0, 0.1) is 5.82 Å². The van der Waals surface area contributed by atoms with E-state index in [1.54, 1.807) is 12.1 Å². The van der Waals surface area contributed by atoms with Gasteiger partial charge in [0.2, 0.25) is 5.88 Å². The molecule has 2 rings (SSSR count). The zero-order valence-corrected chi connectivity index (χ0v) is 13.7. The topological polar surface area (TPSA) is 56.3 Å². The predicted molar refractivity (Wildman–Crippen MR) is 82.5 cm³/mol. The Hall–Kier alpha value is -1.95. The van der Waals surface area contributed by atoms with Crippen molar-refractivity contribution in [3.8, 4) is 11.6 Å². The van der Waals surface area contributed by atoms with E-state index in [1.807, 2.05) is 20.8 Å². The second-order valence-corrected chi connectivity index (χ2v) is 8.06. The molecule has 0 saturated heterocycles. The van der Waals surface area contributed by atoms with E-state index in [0.717, 1.165) is 6.26 Å². The maximum absolute atomic E-state index is 13.6. The molecule has 0 aliphatic carbocycles. The normalized spacial score (nSPS) is 12.2. The van der Waals surface area contributed by atoms with E-state index in [0.29, 0.717) is 5.56 Å². The minimum absolute atomic E-state index is 0.00189. The van der Waals surface area contributed by atoms with Crippen molar-refractivity contribution in [1.82, 2.24) is 4.98 Å². The Morgan fingerprint density at radius 1 is 1.18 bits per heavy atom. The number of benzene rings is 1.